The Morgan fingerprint density at radius 3 is 3.06 bits per heavy atom. The van der Waals surface area contributed by atoms with Crippen molar-refractivity contribution < 1.29 is 0 Å². The van der Waals surface area contributed by atoms with Crippen LogP contribution < -0.4 is 0 Å². The van der Waals surface area contributed by atoms with Gasteiger partial charge in [-0.1, -0.05) is 0 Å². The van der Waals surface area contributed by atoms with Crippen molar-refractivity contribution in [2.75, 3.05) is 0 Å². The molecule has 3 rings (SSSR count). The van der Waals surface area contributed by atoms with E-state index in [1.54, 1.807) is 11.7 Å². The van der Waals surface area contributed by atoms with Crippen LogP contribution >= 0.6 is 11.8 Å². The summed E-state index contributed by atoms with van der Waals surface area (Å²) in [5.41, 5.74) is 2.90. The highest BCUT2D eigenvalue weighted by Gasteiger charge is 2.18. The summed E-state index contributed by atoms with van der Waals surface area (Å²) in [4.78, 5) is 4.57. The molecular weight excluding hydrogens is 248 g/mol. The molecule has 0 N–H and O–H groups in total. The fourth-order valence-electron chi connectivity index (χ4n) is 2.01. The van der Waals surface area contributed by atoms with Gasteiger partial charge >= 0.3 is 0 Å². The Bertz CT molecular complexity index is 641. The lowest BCUT2D eigenvalue weighted by atomic mass is 10.2. The van der Waals surface area contributed by atoms with Crippen molar-refractivity contribution in [1.82, 2.24) is 25.2 Å². The number of aryl methyl sites for hydroxylation is 3. The molecule has 0 bridgehead atoms. The maximum atomic E-state index is 9.19. The van der Waals surface area contributed by atoms with Gasteiger partial charge in [-0.2, -0.15) is 5.26 Å². The van der Waals surface area contributed by atoms with Gasteiger partial charge < -0.3 is 0 Å². The minimum Gasteiger partial charge on any atom is -0.244 e. The predicted octanol–water partition coefficient (Wildman–Crippen LogP) is 1.12. The molecule has 0 aliphatic heterocycles. The van der Waals surface area contributed by atoms with Crippen LogP contribution in [0, 0.1) is 11.3 Å². The first-order chi connectivity index (χ1) is 8.78. The molecule has 0 spiro atoms. The Kier molecular flexibility index (Phi) is 2.72. The maximum absolute atomic E-state index is 9.19. The van der Waals surface area contributed by atoms with Gasteiger partial charge in [0.2, 0.25) is 5.16 Å². The highest BCUT2D eigenvalue weighted by atomic mass is 32.2. The van der Waals surface area contributed by atoms with E-state index in [0.29, 0.717) is 15.7 Å². The number of rotatable bonds is 2. The van der Waals surface area contributed by atoms with Crippen molar-refractivity contribution in [1.29, 1.82) is 5.26 Å². The van der Waals surface area contributed by atoms with Gasteiger partial charge in [-0.25, -0.2) is 9.67 Å². The molecule has 0 fully saturated rings. The van der Waals surface area contributed by atoms with Crippen LogP contribution in [0.25, 0.3) is 0 Å². The summed E-state index contributed by atoms with van der Waals surface area (Å²) in [6.45, 7) is 0. The average Bonchev–Trinajstić information content (AvgIpc) is 2.98. The topological polar surface area (TPSA) is 80.3 Å². The molecule has 1 aliphatic rings. The lowest BCUT2D eigenvalue weighted by Crippen LogP contribution is -1.97. The van der Waals surface area contributed by atoms with Crippen LogP contribution in [0.1, 0.15) is 23.2 Å². The Balaban J connectivity index is 2.02. The van der Waals surface area contributed by atoms with Crippen LogP contribution in [0.3, 0.4) is 0 Å². The van der Waals surface area contributed by atoms with Gasteiger partial charge in [0, 0.05) is 12.7 Å². The highest BCUT2D eigenvalue weighted by Crippen LogP contribution is 2.30. The summed E-state index contributed by atoms with van der Waals surface area (Å²) in [5, 5.41) is 21.8. The van der Waals surface area contributed by atoms with E-state index in [0.717, 1.165) is 25.0 Å². The van der Waals surface area contributed by atoms with Crippen molar-refractivity contribution in [3.8, 4) is 6.07 Å². The summed E-state index contributed by atoms with van der Waals surface area (Å²) in [6.07, 6.45) is 3.13. The van der Waals surface area contributed by atoms with E-state index in [2.05, 4.69) is 26.6 Å². The van der Waals surface area contributed by atoms with Crippen molar-refractivity contribution in [2.24, 2.45) is 7.05 Å². The monoisotopic (exact) mass is 258 g/mol. The van der Waals surface area contributed by atoms with Crippen LogP contribution in [-0.2, 0) is 19.9 Å². The van der Waals surface area contributed by atoms with Crippen LogP contribution in [-0.4, -0.2) is 25.2 Å². The van der Waals surface area contributed by atoms with Crippen LogP contribution in [0.4, 0.5) is 0 Å². The molecule has 7 heteroatoms. The summed E-state index contributed by atoms with van der Waals surface area (Å²) < 4.78 is 1.57. The Hall–Kier alpha value is -1.94. The van der Waals surface area contributed by atoms with Crippen LogP contribution in [0.15, 0.2) is 16.2 Å². The normalized spacial score (nSPS) is 13.3. The highest BCUT2D eigenvalue weighted by molar-refractivity contribution is 7.99. The molecule has 0 radical (unpaired) electrons. The molecule has 2 heterocycles. The molecule has 2 aromatic rings. The Morgan fingerprint density at radius 2 is 2.33 bits per heavy atom. The fourth-order valence-corrected chi connectivity index (χ4v) is 2.79. The van der Waals surface area contributed by atoms with E-state index in [1.807, 2.05) is 6.07 Å². The average molecular weight is 258 g/mol. The third-order valence-electron chi connectivity index (χ3n) is 2.91. The summed E-state index contributed by atoms with van der Waals surface area (Å²) in [7, 11) is 1.77. The summed E-state index contributed by atoms with van der Waals surface area (Å²) >= 11 is 1.33. The second kappa shape index (κ2) is 4.38. The van der Waals surface area contributed by atoms with Gasteiger partial charge in [0.25, 0.3) is 0 Å². The first-order valence-corrected chi connectivity index (χ1v) is 6.42. The molecule has 18 heavy (non-hydrogen) atoms. The van der Waals surface area contributed by atoms with E-state index in [9.17, 15) is 5.26 Å². The first kappa shape index (κ1) is 11.2. The molecule has 2 aromatic heterocycles. The molecular formula is C11H10N6S. The largest absolute Gasteiger partial charge is 0.244 e. The lowest BCUT2D eigenvalue weighted by molar-refractivity contribution is 0.664. The Labute approximate surface area is 108 Å². The number of hydrogen-bond acceptors (Lipinski definition) is 6. The summed E-state index contributed by atoms with van der Waals surface area (Å²) in [6, 6.07) is 4.14. The minimum atomic E-state index is 0.601. The smallest absolute Gasteiger partial charge is 0.215 e. The van der Waals surface area contributed by atoms with Gasteiger partial charge in [0.1, 0.15) is 11.1 Å². The molecule has 0 saturated heterocycles. The van der Waals surface area contributed by atoms with Gasteiger partial charge in [-0.05, 0) is 53.1 Å². The van der Waals surface area contributed by atoms with Crippen molar-refractivity contribution >= 4 is 11.8 Å². The molecule has 90 valence electrons. The lowest BCUT2D eigenvalue weighted by Gasteiger charge is -2.05. The number of fused-ring (bicyclic) bond motifs is 1. The summed E-state index contributed by atoms with van der Waals surface area (Å²) in [5.74, 6) is 0. The van der Waals surface area contributed by atoms with Crippen LogP contribution in [0.5, 0.6) is 0 Å². The third-order valence-corrected chi connectivity index (χ3v) is 3.94. The van der Waals surface area contributed by atoms with Gasteiger partial charge in [-0.15, -0.1) is 5.10 Å². The Morgan fingerprint density at radius 1 is 1.44 bits per heavy atom. The zero-order valence-electron chi connectivity index (χ0n) is 9.79. The van der Waals surface area contributed by atoms with Gasteiger partial charge in [0.15, 0.2) is 0 Å². The third kappa shape index (κ3) is 1.84. The molecule has 0 unspecified atom stereocenters. The van der Waals surface area contributed by atoms with Gasteiger partial charge in [-0.3, -0.25) is 0 Å². The fraction of sp³-hybridized carbons (Fsp3) is 0.364. The molecule has 0 saturated carbocycles. The molecule has 0 atom stereocenters. The first-order valence-electron chi connectivity index (χ1n) is 5.61. The number of nitriles is 1. The predicted molar refractivity (Wildman–Crippen MR) is 63.9 cm³/mol. The second-order valence-electron chi connectivity index (χ2n) is 4.10. The van der Waals surface area contributed by atoms with E-state index in [1.165, 1.54) is 17.3 Å². The SMILES string of the molecule is Cn1nnnc1Sc1nc2c(cc1C#N)CCC2. The zero-order chi connectivity index (χ0) is 12.5. The standard InChI is InChI=1S/C11H10N6S/c1-17-11(14-15-16-17)18-10-8(6-12)5-7-3-2-4-9(7)13-10/h5H,2-4H2,1H3. The minimum absolute atomic E-state index is 0.601. The molecule has 1 aliphatic carbocycles. The van der Waals surface area contributed by atoms with Crippen LogP contribution in [0.2, 0.25) is 0 Å². The van der Waals surface area contributed by atoms with Crippen molar-refractivity contribution in [3.05, 3.63) is 22.9 Å². The molecule has 0 amide bonds. The van der Waals surface area contributed by atoms with E-state index >= 15 is 0 Å². The number of aromatic nitrogens is 5. The van der Waals surface area contributed by atoms with Gasteiger partial charge in [0.05, 0.1) is 5.56 Å². The maximum Gasteiger partial charge on any atom is 0.215 e. The van der Waals surface area contributed by atoms with Crippen molar-refractivity contribution in [3.63, 3.8) is 0 Å². The van der Waals surface area contributed by atoms with E-state index in [-0.39, 0.29) is 0 Å². The number of hydrogen-bond donors (Lipinski definition) is 0. The van der Waals surface area contributed by atoms with E-state index in [4.69, 9.17) is 0 Å². The number of pyridine rings is 1. The van der Waals surface area contributed by atoms with Crippen molar-refractivity contribution in [2.45, 2.75) is 29.4 Å². The number of nitrogens with zero attached hydrogens (tertiary/aromatic N) is 6. The number of tetrazole rings is 1. The molecule has 6 nitrogen and oxygen atoms in total. The zero-order valence-corrected chi connectivity index (χ0v) is 10.6. The van der Waals surface area contributed by atoms with E-state index < -0.39 is 0 Å². The second-order valence-corrected chi connectivity index (χ2v) is 5.06. The quantitative estimate of drug-likeness (QED) is 0.803. The molecule has 0 aromatic carbocycles.